The molecule has 2 aromatic rings. The molecule has 0 aliphatic heterocycles. The van der Waals surface area contributed by atoms with Gasteiger partial charge in [-0.1, -0.05) is 0 Å². The highest BCUT2D eigenvalue weighted by Crippen LogP contribution is 2.24. The Morgan fingerprint density at radius 2 is 1.31 bits per heavy atom. The van der Waals surface area contributed by atoms with Gasteiger partial charge in [0, 0.05) is 0 Å². The quantitative estimate of drug-likeness (QED) is 0.702. The molecule has 2 N–H and O–H groups in total. The van der Waals surface area contributed by atoms with Crippen molar-refractivity contribution in [2.24, 2.45) is 0 Å². The lowest BCUT2D eigenvalue weighted by Crippen LogP contribution is -2.23. The highest BCUT2D eigenvalue weighted by molar-refractivity contribution is 5.86. The Morgan fingerprint density at radius 1 is 0.750 bits per heavy atom. The van der Waals surface area contributed by atoms with Crippen LogP contribution in [0.15, 0.2) is 9.59 Å². The van der Waals surface area contributed by atoms with Crippen LogP contribution in [0.25, 0.3) is 10.9 Å². The van der Waals surface area contributed by atoms with E-state index in [1.54, 1.807) is 0 Å². The van der Waals surface area contributed by atoms with E-state index in [1.165, 1.54) is 0 Å². The number of hydrogen-bond donors (Lipinski definition) is 2. The van der Waals surface area contributed by atoms with Gasteiger partial charge in [-0.25, -0.2) is 4.79 Å². The van der Waals surface area contributed by atoms with Crippen LogP contribution in [-0.4, -0.2) is 9.97 Å². The lowest BCUT2D eigenvalue weighted by molar-refractivity contribution is 1.06. The van der Waals surface area contributed by atoms with E-state index in [9.17, 15) is 9.59 Å². The fourth-order valence-electron chi connectivity index (χ4n) is 2.06. The van der Waals surface area contributed by atoms with Gasteiger partial charge in [-0.2, -0.15) is 0 Å². The van der Waals surface area contributed by atoms with E-state index in [2.05, 4.69) is 9.97 Å². The number of hydrogen-bond acceptors (Lipinski definition) is 2. The zero-order valence-corrected chi connectivity index (χ0v) is 9.82. The van der Waals surface area contributed by atoms with Crippen LogP contribution in [-0.2, 0) is 0 Å². The molecular formula is C12H14N2O2. The predicted octanol–water partition coefficient (Wildman–Crippen LogP) is 1.45. The van der Waals surface area contributed by atoms with Crippen molar-refractivity contribution in [3.05, 3.63) is 43.1 Å². The van der Waals surface area contributed by atoms with E-state index in [1.807, 2.05) is 27.7 Å². The number of aryl methyl sites for hydroxylation is 2. The number of rotatable bonds is 0. The number of aromatic amines is 2. The monoisotopic (exact) mass is 218 g/mol. The second-order valence-corrected chi connectivity index (χ2v) is 4.16. The molecule has 1 aromatic heterocycles. The van der Waals surface area contributed by atoms with Crippen LogP contribution in [0.4, 0.5) is 0 Å². The van der Waals surface area contributed by atoms with Crippen LogP contribution in [0.5, 0.6) is 0 Å². The largest absolute Gasteiger partial charge is 0.326 e. The third kappa shape index (κ3) is 1.30. The van der Waals surface area contributed by atoms with Gasteiger partial charge in [0.2, 0.25) is 0 Å². The van der Waals surface area contributed by atoms with E-state index >= 15 is 0 Å². The van der Waals surface area contributed by atoms with Gasteiger partial charge in [-0.15, -0.1) is 0 Å². The van der Waals surface area contributed by atoms with Crippen molar-refractivity contribution in [1.82, 2.24) is 9.97 Å². The molecule has 1 heterocycles. The normalized spacial score (nSPS) is 11.0. The maximum absolute atomic E-state index is 11.8. The molecule has 2 rings (SSSR count). The van der Waals surface area contributed by atoms with Crippen LogP contribution in [0, 0.1) is 27.7 Å². The Hall–Kier alpha value is -1.84. The molecule has 0 unspecified atom stereocenters. The summed E-state index contributed by atoms with van der Waals surface area (Å²) in [5.41, 5.74) is 3.98. The summed E-state index contributed by atoms with van der Waals surface area (Å²) < 4.78 is 0. The summed E-state index contributed by atoms with van der Waals surface area (Å²) in [5.74, 6) is 0. The smallest absolute Gasteiger partial charge is 0.307 e. The molecule has 0 atom stereocenters. The van der Waals surface area contributed by atoms with Crippen molar-refractivity contribution in [3.63, 3.8) is 0 Å². The second kappa shape index (κ2) is 3.33. The van der Waals surface area contributed by atoms with Gasteiger partial charge in [0.05, 0.1) is 10.9 Å². The summed E-state index contributed by atoms with van der Waals surface area (Å²) in [6.07, 6.45) is 0. The molecule has 0 fully saturated rings. The maximum atomic E-state index is 11.8. The van der Waals surface area contributed by atoms with E-state index in [0.717, 1.165) is 22.3 Å². The Kier molecular flexibility index (Phi) is 2.22. The van der Waals surface area contributed by atoms with Gasteiger partial charge in [-0.3, -0.25) is 9.78 Å². The summed E-state index contributed by atoms with van der Waals surface area (Å²) in [4.78, 5) is 28.0. The number of nitrogens with one attached hydrogen (secondary N) is 2. The molecule has 0 amide bonds. The van der Waals surface area contributed by atoms with Crippen LogP contribution < -0.4 is 11.2 Å². The predicted molar refractivity (Wildman–Crippen MR) is 64.1 cm³/mol. The lowest BCUT2D eigenvalue weighted by Gasteiger charge is -2.12. The second-order valence-electron chi connectivity index (χ2n) is 4.16. The summed E-state index contributed by atoms with van der Waals surface area (Å²) in [5, 5.41) is 0.584. The Balaban J connectivity index is 3.21. The fourth-order valence-corrected chi connectivity index (χ4v) is 2.06. The molecule has 16 heavy (non-hydrogen) atoms. The Bertz CT molecular complexity index is 693. The van der Waals surface area contributed by atoms with Gasteiger partial charge >= 0.3 is 5.69 Å². The number of fused-ring (bicyclic) bond motifs is 1. The standard InChI is InChI=1S/C12H14N2O2/c1-5-6(2)8(4)10-9(7(5)3)11(15)14-12(16)13-10/h1-4H3,(H2,13,14,15,16). The molecule has 4 heteroatoms. The summed E-state index contributed by atoms with van der Waals surface area (Å²) in [7, 11) is 0. The molecule has 0 saturated carbocycles. The van der Waals surface area contributed by atoms with Crippen molar-refractivity contribution < 1.29 is 0 Å². The van der Waals surface area contributed by atoms with Crippen molar-refractivity contribution in [1.29, 1.82) is 0 Å². The van der Waals surface area contributed by atoms with Gasteiger partial charge < -0.3 is 4.98 Å². The summed E-state index contributed by atoms with van der Waals surface area (Å²) in [6, 6.07) is 0. The third-order valence-electron chi connectivity index (χ3n) is 3.38. The molecule has 0 spiro atoms. The van der Waals surface area contributed by atoms with E-state index in [-0.39, 0.29) is 5.56 Å². The zero-order valence-electron chi connectivity index (χ0n) is 9.82. The van der Waals surface area contributed by atoms with Crippen molar-refractivity contribution in [2.45, 2.75) is 27.7 Å². The molecule has 1 aromatic carbocycles. The number of aromatic nitrogens is 2. The van der Waals surface area contributed by atoms with Crippen LogP contribution >= 0.6 is 0 Å². The minimum absolute atomic E-state index is 0.317. The Labute approximate surface area is 92.3 Å². The van der Waals surface area contributed by atoms with Gasteiger partial charge in [-0.05, 0) is 49.9 Å². The zero-order chi connectivity index (χ0) is 12.0. The minimum Gasteiger partial charge on any atom is -0.307 e. The first-order valence-electron chi connectivity index (χ1n) is 5.16. The van der Waals surface area contributed by atoms with Crippen molar-refractivity contribution in [2.75, 3.05) is 0 Å². The lowest BCUT2D eigenvalue weighted by atomic mass is 9.95. The highest BCUT2D eigenvalue weighted by atomic mass is 16.2. The van der Waals surface area contributed by atoms with Crippen LogP contribution in [0.2, 0.25) is 0 Å². The SMILES string of the molecule is Cc1c(C)c(C)c2c(=O)[nH]c(=O)[nH]c2c1C. The average molecular weight is 218 g/mol. The number of benzene rings is 1. The van der Waals surface area contributed by atoms with E-state index < -0.39 is 5.69 Å². The molecule has 4 nitrogen and oxygen atoms in total. The van der Waals surface area contributed by atoms with E-state index in [0.29, 0.717) is 10.9 Å². The first kappa shape index (κ1) is 10.7. The average Bonchev–Trinajstić information content (AvgIpc) is 2.22. The first-order valence-corrected chi connectivity index (χ1v) is 5.16. The minimum atomic E-state index is -0.455. The molecule has 0 aliphatic rings. The van der Waals surface area contributed by atoms with Crippen LogP contribution in [0.1, 0.15) is 22.3 Å². The summed E-state index contributed by atoms with van der Waals surface area (Å²) in [6.45, 7) is 7.80. The maximum Gasteiger partial charge on any atom is 0.326 e. The van der Waals surface area contributed by atoms with Crippen molar-refractivity contribution >= 4 is 10.9 Å². The fraction of sp³-hybridized carbons (Fsp3) is 0.333. The highest BCUT2D eigenvalue weighted by Gasteiger charge is 2.12. The van der Waals surface area contributed by atoms with E-state index in [4.69, 9.17) is 0 Å². The van der Waals surface area contributed by atoms with Gasteiger partial charge in [0.1, 0.15) is 0 Å². The molecule has 0 bridgehead atoms. The topological polar surface area (TPSA) is 65.7 Å². The molecule has 84 valence electrons. The van der Waals surface area contributed by atoms with Gasteiger partial charge in [0.25, 0.3) is 5.56 Å². The molecule has 0 radical (unpaired) electrons. The molecule has 0 aliphatic carbocycles. The molecular weight excluding hydrogens is 204 g/mol. The van der Waals surface area contributed by atoms with Crippen molar-refractivity contribution in [3.8, 4) is 0 Å². The summed E-state index contributed by atoms with van der Waals surface area (Å²) >= 11 is 0. The van der Waals surface area contributed by atoms with Gasteiger partial charge in [0.15, 0.2) is 0 Å². The third-order valence-corrected chi connectivity index (χ3v) is 3.38. The first-order chi connectivity index (χ1) is 7.43. The molecule has 0 saturated heterocycles. The van der Waals surface area contributed by atoms with Crippen LogP contribution in [0.3, 0.4) is 0 Å². The Morgan fingerprint density at radius 3 is 1.94 bits per heavy atom. The number of H-pyrrole nitrogens is 2.